The van der Waals surface area contributed by atoms with E-state index < -0.39 is 23.5 Å². The maximum Gasteiger partial charge on any atom is 0.329 e. The molecular formula is C24H21FN4O4. The number of para-hydroxylation sites is 1. The van der Waals surface area contributed by atoms with Gasteiger partial charge in [-0.1, -0.05) is 42.5 Å². The number of hydrazone groups is 1. The maximum absolute atomic E-state index is 12.9. The molecular weight excluding hydrogens is 427 g/mol. The lowest BCUT2D eigenvalue weighted by molar-refractivity contribution is -0.139. The third kappa shape index (κ3) is 7.59. The van der Waals surface area contributed by atoms with Crippen molar-refractivity contribution >= 4 is 29.6 Å². The van der Waals surface area contributed by atoms with E-state index in [1.807, 2.05) is 30.3 Å². The number of anilines is 1. The zero-order valence-corrected chi connectivity index (χ0v) is 17.5. The molecule has 0 spiro atoms. The minimum Gasteiger partial charge on any atom is -0.483 e. The first-order valence-corrected chi connectivity index (χ1v) is 9.93. The van der Waals surface area contributed by atoms with E-state index in [-0.39, 0.29) is 13.2 Å². The summed E-state index contributed by atoms with van der Waals surface area (Å²) in [7, 11) is 0. The van der Waals surface area contributed by atoms with Gasteiger partial charge < -0.3 is 15.4 Å². The van der Waals surface area contributed by atoms with E-state index in [1.54, 1.807) is 24.3 Å². The van der Waals surface area contributed by atoms with Crippen LogP contribution in [0.15, 0.2) is 84.0 Å². The van der Waals surface area contributed by atoms with Crippen LogP contribution < -0.4 is 20.8 Å². The van der Waals surface area contributed by atoms with Gasteiger partial charge >= 0.3 is 11.8 Å². The fourth-order valence-electron chi connectivity index (χ4n) is 2.66. The highest BCUT2D eigenvalue weighted by Gasteiger charge is 2.12. The van der Waals surface area contributed by atoms with Crippen molar-refractivity contribution in [2.24, 2.45) is 5.10 Å². The summed E-state index contributed by atoms with van der Waals surface area (Å²) in [5.74, 6) is -2.23. The molecule has 0 fully saturated rings. The van der Waals surface area contributed by atoms with Crippen molar-refractivity contribution in [3.63, 3.8) is 0 Å². The number of benzene rings is 3. The number of hydrogen-bond donors (Lipinski definition) is 3. The predicted octanol–water partition coefficient (Wildman–Crippen LogP) is 2.61. The maximum atomic E-state index is 12.9. The van der Waals surface area contributed by atoms with Gasteiger partial charge in [0.15, 0.2) is 6.61 Å². The van der Waals surface area contributed by atoms with Crippen molar-refractivity contribution in [2.45, 2.75) is 6.54 Å². The second-order valence-corrected chi connectivity index (χ2v) is 6.75. The van der Waals surface area contributed by atoms with Crippen LogP contribution in [0.1, 0.15) is 11.1 Å². The Bertz CT molecular complexity index is 1130. The molecule has 3 aromatic rings. The fourth-order valence-corrected chi connectivity index (χ4v) is 2.66. The Hall–Kier alpha value is -4.53. The lowest BCUT2D eigenvalue weighted by Crippen LogP contribution is -2.37. The lowest BCUT2D eigenvalue weighted by atomic mass is 10.2. The molecule has 0 unspecified atom stereocenters. The Balaban J connectivity index is 1.48. The van der Waals surface area contributed by atoms with Crippen LogP contribution >= 0.6 is 0 Å². The largest absolute Gasteiger partial charge is 0.483 e. The van der Waals surface area contributed by atoms with Gasteiger partial charge in [-0.25, -0.2) is 9.82 Å². The Kier molecular flexibility index (Phi) is 8.24. The average molecular weight is 448 g/mol. The van der Waals surface area contributed by atoms with Crippen molar-refractivity contribution in [1.29, 1.82) is 0 Å². The first-order valence-electron chi connectivity index (χ1n) is 9.93. The fraction of sp³-hybridized carbons (Fsp3) is 0.0833. The van der Waals surface area contributed by atoms with Crippen molar-refractivity contribution in [2.75, 3.05) is 11.9 Å². The van der Waals surface area contributed by atoms with Gasteiger partial charge in [-0.05, 0) is 42.0 Å². The van der Waals surface area contributed by atoms with Crippen LogP contribution in [-0.2, 0) is 20.9 Å². The smallest absolute Gasteiger partial charge is 0.329 e. The second-order valence-electron chi connectivity index (χ2n) is 6.75. The number of carbonyl (C=O) groups excluding carboxylic acids is 3. The highest BCUT2D eigenvalue weighted by atomic mass is 19.1. The molecule has 0 bridgehead atoms. The highest BCUT2D eigenvalue weighted by Crippen LogP contribution is 2.16. The normalized spacial score (nSPS) is 10.5. The summed E-state index contributed by atoms with van der Waals surface area (Å²) >= 11 is 0. The molecule has 0 heterocycles. The van der Waals surface area contributed by atoms with Crippen molar-refractivity contribution in [3.8, 4) is 5.75 Å². The standard InChI is InChI=1S/C24H21FN4O4/c25-19-10-12-20(13-11-19)28-22(30)16-33-21-9-5-4-8-18(21)15-27-29-24(32)23(31)26-14-17-6-2-1-3-7-17/h1-13,15H,14,16H2,(H,26,31)(H,28,30)(H,29,32)/b27-15-. The van der Waals surface area contributed by atoms with Gasteiger partial charge in [0.25, 0.3) is 5.91 Å². The van der Waals surface area contributed by atoms with Crippen LogP contribution in [0.2, 0.25) is 0 Å². The van der Waals surface area contributed by atoms with E-state index >= 15 is 0 Å². The molecule has 0 aliphatic heterocycles. The number of carbonyl (C=O) groups is 3. The van der Waals surface area contributed by atoms with Crippen molar-refractivity contribution in [3.05, 3.63) is 95.8 Å². The lowest BCUT2D eigenvalue weighted by Gasteiger charge is -2.09. The Morgan fingerprint density at radius 1 is 0.879 bits per heavy atom. The van der Waals surface area contributed by atoms with Gasteiger partial charge in [-0.15, -0.1) is 0 Å². The zero-order valence-electron chi connectivity index (χ0n) is 17.5. The SMILES string of the molecule is O=C(COc1ccccc1/C=N\NC(=O)C(=O)NCc1ccccc1)Nc1ccc(F)cc1. The average Bonchev–Trinajstić information content (AvgIpc) is 2.84. The Labute approximate surface area is 189 Å². The molecule has 33 heavy (non-hydrogen) atoms. The van der Waals surface area contributed by atoms with Crippen LogP contribution in [0.5, 0.6) is 5.75 Å². The molecule has 0 saturated carbocycles. The quantitative estimate of drug-likeness (QED) is 0.280. The van der Waals surface area contributed by atoms with Gasteiger partial charge in [0.05, 0.1) is 6.21 Å². The molecule has 0 saturated heterocycles. The Morgan fingerprint density at radius 3 is 2.33 bits per heavy atom. The Morgan fingerprint density at radius 2 is 1.58 bits per heavy atom. The van der Waals surface area contributed by atoms with Crippen molar-refractivity contribution in [1.82, 2.24) is 10.7 Å². The van der Waals surface area contributed by atoms with Crippen molar-refractivity contribution < 1.29 is 23.5 Å². The van der Waals surface area contributed by atoms with E-state index in [4.69, 9.17) is 4.74 Å². The molecule has 8 nitrogen and oxygen atoms in total. The second kappa shape index (κ2) is 11.8. The molecule has 3 N–H and O–H groups in total. The molecule has 3 amide bonds. The molecule has 3 rings (SSSR count). The van der Waals surface area contributed by atoms with Crippen LogP contribution in [0.25, 0.3) is 0 Å². The third-order valence-electron chi connectivity index (χ3n) is 4.28. The number of nitrogens with one attached hydrogen (secondary N) is 3. The third-order valence-corrected chi connectivity index (χ3v) is 4.28. The summed E-state index contributed by atoms with van der Waals surface area (Å²) in [5.41, 5.74) is 3.93. The summed E-state index contributed by atoms with van der Waals surface area (Å²) in [6.45, 7) is -0.0794. The predicted molar refractivity (Wildman–Crippen MR) is 121 cm³/mol. The summed E-state index contributed by atoms with van der Waals surface area (Å²) < 4.78 is 18.5. The van der Waals surface area contributed by atoms with Gasteiger partial charge in [0.1, 0.15) is 11.6 Å². The molecule has 0 radical (unpaired) electrons. The molecule has 168 valence electrons. The van der Waals surface area contributed by atoms with E-state index in [0.29, 0.717) is 17.0 Å². The minimum absolute atomic E-state index is 0.216. The van der Waals surface area contributed by atoms with Gasteiger partial charge in [0.2, 0.25) is 0 Å². The summed E-state index contributed by atoms with van der Waals surface area (Å²) in [6.07, 6.45) is 1.30. The van der Waals surface area contributed by atoms with Gasteiger partial charge in [-0.3, -0.25) is 14.4 Å². The number of halogens is 1. The summed E-state index contributed by atoms with van der Waals surface area (Å²) in [5, 5.41) is 8.87. The van der Waals surface area contributed by atoms with E-state index in [0.717, 1.165) is 5.56 Å². The molecule has 9 heteroatoms. The van der Waals surface area contributed by atoms with Crippen LogP contribution in [0, 0.1) is 5.82 Å². The molecule has 0 atom stereocenters. The molecule has 3 aromatic carbocycles. The van der Waals surface area contributed by atoms with E-state index in [2.05, 4.69) is 21.2 Å². The summed E-state index contributed by atoms with van der Waals surface area (Å²) in [6, 6.07) is 21.2. The van der Waals surface area contributed by atoms with E-state index in [9.17, 15) is 18.8 Å². The number of rotatable bonds is 8. The van der Waals surface area contributed by atoms with Gasteiger partial charge in [0, 0.05) is 17.8 Å². The first kappa shape index (κ1) is 23.1. The highest BCUT2D eigenvalue weighted by molar-refractivity contribution is 6.35. The molecule has 0 aromatic heterocycles. The topological polar surface area (TPSA) is 109 Å². The van der Waals surface area contributed by atoms with E-state index in [1.165, 1.54) is 30.5 Å². The molecule has 0 aliphatic carbocycles. The number of hydrogen-bond acceptors (Lipinski definition) is 5. The zero-order chi connectivity index (χ0) is 23.5. The number of ether oxygens (including phenoxy) is 1. The van der Waals surface area contributed by atoms with Gasteiger partial charge in [-0.2, -0.15) is 5.10 Å². The van der Waals surface area contributed by atoms with Crippen LogP contribution in [-0.4, -0.2) is 30.5 Å². The number of amides is 3. The number of nitrogens with zero attached hydrogens (tertiary/aromatic N) is 1. The monoisotopic (exact) mass is 448 g/mol. The summed E-state index contributed by atoms with van der Waals surface area (Å²) in [4.78, 5) is 35.8. The minimum atomic E-state index is -0.917. The molecule has 0 aliphatic rings. The first-order chi connectivity index (χ1) is 16.0. The van der Waals surface area contributed by atoms with Crippen LogP contribution in [0.4, 0.5) is 10.1 Å². The van der Waals surface area contributed by atoms with Crippen LogP contribution in [0.3, 0.4) is 0 Å².